The van der Waals surface area contributed by atoms with Crippen molar-refractivity contribution in [1.82, 2.24) is 9.97 Å². The van der Waals surface area contributed by atoms with Crippen molar-refractivity contribution < 1.29 is 4.42 Å². The number of aromatic nitrogens is 2. The lowest BCUT2D eigenvalue weighted by Crippen LogP contribution is -1.86. The van der Waals surface area contributed by atoms with Gasteiger partial charge in [0, 0.05) is 6.20 Å². The first-order valence-corrected chi connectivity index (χ1v) is 9.68. The highest BCUT2D eigenvalue weighted by Crippen LogP contribution is 2.19. The van der Waals surface area contributed by atoms with E-state index in [2.05, 4.69) is 23.8 Å². The minimum Gasteiger partial charge on any atom is -0.468 e. The summed E-state index contributed by atoms with van der Waals surface area (Å²) < 4.78 is 5.21. The third kappa shape index (κ3) is 10.2. The van der Waals surface area contributed by atoms with Gasteiger partial charge in [-0.1, -0.05) is 70.6 Å². The molecule has 2 heterocycles. The minimum atomic E-state index is 0.796. The van der Waals surface area contributed by atoms with Gasteiger partial charge in [-0.3, -0.25) is 4.98 Å². The Morgan fingerprint density at radius 2 is 1.65 bits per heavy atom. The van der Waals surface area contributed by atoms with E-state index in [-0.39, 0.29) is 0 Å². The number of thioether (sulfide) groups is 1. The number of furan rings is 1. The van der Waals surface area contributed by atoms with E-state index in [0.717, 1.165) is 22.2 Å². The SMILES string of the molecule is CCCCCCCCC.Cc1cnc(SCc2ccco2)cn1. The lowest BCUT2D eigenvalue weighted by atomic mass is 10.1. The van der Waals surface area contributed by atoms with Crippen LogP contribution in [0.3, 0.4) is 0 Å². The molecule has 0 unspecified atom stereocenters. The predicted molar refractivity (Wildman–Crippen MR) is 98.7 cm³/mol. The number of nitrogens with zero attached hydrogens (tertiary/aromatic N) is 2. The number of aryl methyl sites for hydroxylation is 1. The Kier molecular flexibility index (Phi) is 11.3. The Morgan fingerprint density at radius 3 is 2.17 bits per heavy atom. The van der Waals surface area contributed by atoms with Crippen LogP contribution in [0.2, 0.25) is 0 Å². The van der Waals surface area contributed by atoms with Crippen LogP contribution >= 0.6 is 11.8 Å². The largest absolute Gasteiger partial charge is 0.468 e. The third-order valence-corrected chi connectivity index (χ3v) is 4.34. The molecule has 0 atom stereocenters. The van der Waals surface area contributed by atoms with E-state index >= 15 is 0 Å². The molecule has 23 heavy (non-hydrogen) atoms. The fraction of sp³-hybridized carbons (Fsp3) is 0.579. The summed E-state index contributed by atoms with van der Waals surface area (Å²) in [6.07, 6.45) is 15.2. The van der Waals surface area contributed by atoms with E-state index in [1.165, 1.54) is 44.9 Å². The standard InChI is InChI=1S/C10H10N2OS.C9H20/c1-8-5-12-10(6-11-8)14-7-9-3-2-4-13-9;1-3-5-7-9-8-6-4-2/h2-6H,7H2,1H3;3-9H2,1-2H3. The van der Waals surface area contributed by atoms with Crippen molar-refractivity contribution in [3.63, 3.8) is 0 Å². The predicted octanol–water partition coefficient (Wildman–Crippen LogP) is 6.43. The summed E-state index contributed by atoms with van der Waals surface area (Å²) >= 11 is 1.62. The molecule has 0 N–H and O–H groups in total. The van der Waals surface area contributed by atoms with Gasteiger partial charge in [0.05, 0.1) is 23.9 Å². The van der Waals surface area contributed by atoms with Gasteiger partial charge in [-0.15, -0.1) is 0 Å². The van der Waals surface area contributed by atoms with Crippen LogP contribution < -0.4 is 0 Å². The summed E-state index contributed by atoms with van der Waals surface area (Å²) in [6, 6.07) is 3.84. The lowest BCUT2D eigenvalue weighted by molar-refractivity contribution is 0.530. The van der Waals surface area contributed by atoms with E-state index in [1.54, 1.807) is 30.4 Å². The fourth-order valence-corrected chi connectivity index (χ4v) is 2.73. The summed E-state index contributed by atoms with van der Waals surface area (Å²) in [7, 11) is 0. The van der Waals surface area contributed by atoms with Crippen LogP contribution in [0, 0.1) is 6.92 Å². The van der Waals surface area contributed by atoms with Crippen LogP contribution in [-0.2, 0) is 5.75 Å². The zero-order valence-corrected chi connectivity index (χ0v) is 15.6. The topological polar surface area (TPSA) is 38.9 Å². The molecule has 0 aliphatic rings. The first kappa shape index (κ1) is 19.8. The number of rotatable bonds is 9. The minimum absolute atomic E-state index is 0.796. The van der Waals surface area contributed by atoms with Crippen molar-refractivity contribution in [3.8, 4) is 0 Å². The molecule has 0 aromatic carbocycles. The monoisotopic (exact) mass is 334 g/mol. The van der Waals surface area contributed by atoms with Crippen molar-refractivity contribution in [2.45, 2.75) is 76.5 Å². The molecule has 0 spiro atoms. The highest BCUT2D eigenvalue weighted by atomic mass is 32.2. The Hall–Kier alpha value is -1.29. The maximum absolute atomic E-state index is 5.21. The van der Waals surface area contributed by atoms with Crippen molar-refractivity contribution in [1.29, 1.82) is 0 Å². The lowest BCUT2D eigenvalue weighted by Gasteiger charge is -1.97. The third-order valence-electron chi connectivity index (χ3n) is 3.41. The Morgan fingerprint density at radius 1 is 0.957 bits per heavy atom. The summed E-state index contributed by atoms with van der Waals surface area (Å²) in [6.45, 7) is 6.45. The van der Waals surface area contributed by atoms with Gasteiger partial charge < -0.3 is 4.42 Å². The van der Waals surface area contributed by atoms with Crippen LogP contribution in [0.4, 0.5) is 0 Å². The van der Waals surface area contributed by atoms with Crippen molar-refractivity contribution in [2.24, 2.45) is 0 Å². The average Bonchev–Trinajstić information content (AvgIpc) is 3.08. The second kappa shape index (κ2) is 13.2. The van der Waals surface area contributed by atoms with Gasteiger partial charge in [-0.2, -0.15) is 0 Å². The van der Waals surface area contributed by atoms with Crippen molar-refractivity contribution >= 4 is 11.8 Å². The molecule has 0 aliphatic carbocycles. The summed E-state index contributed by atoms with van der Waals surface area (Å²) in [4.78, 5) is 8.40. The molecule has 2 aromatic heterocycles. The molecule has 0 aliphatic heterocycles. The van der Waals surface area contributed by atoms with Crippen molar-refractivity contribution in [2.75, 3.05) is 0 Å². The molecule has 0 radical (unpaired) electrons. The Balaban J connectivity index is 0.000000257. The van der Waals surface area contributed by atoms with Crippen LogP contribution in [0.15, 0.2) is 40.2 Å². The second-order valence-electron chi connectivity index (χ2n) is 5.63. The molecule has 0 saturated carbocycles. The van der Waals surface area contributed by atoms with Crippen molar-refractivity contribution in [3.05, 3.63) is 42.2 Å². The molecule has 2 rings (SSSR count). The van der Waals surface area contributed by atoms with E-state index in [4.69, 9.17) is 4.42 Å². The fourth-order valence-electron chi connectivity index (χ4n) is 2.03. The maximum Gasteiger partial charge on any atom is 0.115 e. The van der Waals surface area contributed by atoms with E-state index < -0.39 is 0 Å². The van der Waals surface area contributed by atoms with E-state index in [0.29, 0.717) is 0 Å². The molecule has 0 fully saturated rings. The summed E-state index contributed by atoms with van der Waals surface area (Å²) in [5.74, 6) is 1.75. The first-order chi connectivity index (χ1) is 11.3. The Bertz CT molecular complexity index is 477. The quantitative estimate of drug-likeness (QED) is 0.391. The summed E-state index contributed by atoms with van der Waals surface area (Å²) in [5, 5.41) is 0.923. The number of unbranched alkanes of at least 4 members (excludes halogenated alkanes) is 6. The van der Waals surface area contributed by atoms with Gasteiger partial charge in [-0.05, 0) is 19.1 Å². The van der Waals surface area contributed by atoms with Crippen LogP contribution in [0.1, 0.15) is 70.2 Å². The maximum atomic E-state index is 5.21. The molecule has 128 valence electrons. The summed E-state index contributed by atoms with van der Waals surface area (Å²) in [5.41, 5.74) is 0.937. The zero-order chi connectivity index (χ0) is 16.8. The normalized spacial score (nSPS) is 10.2. The van der Waals surface area contributed by atoms with E-state index in [9.17, 15) is 0 Å². The van der Waals surface area contributed by atoms with E-state index in [1.807, 2.05) is 19.1 Å². The smallest absolute Gasteiger partial charge is 0.115 e. The molecule has 3 nitrogen and oxygen atoms in total. The highest BCUT2D eigenvalue weighted by Gasteiger charge is 1.99. The Labute approximate surface area is 145 Å². The molecular weight excluding hydrogens is 304 g/mol. The van der Waals surface area contributed by atoms with Gasteiger partial charge >= 0.3 is 0 Å². The van der Waals surface area contributed by atoms with Gasteiger partial charge in [-0.25, -0.2) is 4.98 Å². The molecule has 4 heteroatoms. The zero-order valence-electron chi connectivity index (χ0n) is 14.8. The van der Waals surface area contributed by atoms with Crippen LogP contribution in [0.25, 0.3) is 0 Å². The first-order valence-electron chi connectivity index (χ1n) is 8.70. The molecule has 0 amide bonds. The van der Waals surface area contributed by atoms with Gasteiger partial charge in [0.2, 0.25) is 0 Å². The number of hydrogen-bond donors (Lipinski definition) is 0. The second-order valence-corrected chi connectivity index (χ2v) is 6.63. The van der Waals surface area contributed by atoms with Gasteiger partial charge in [0.1, 0.15) is 10.8 Å². The molecular formula is C19H30N2OS. The van der Waals surface area contributed by atoms with Gasteiger partial charge in [0.15, 0.2) is 0 Å². The van der Waals surface area contributed by atoms with Crippen LogP contribution in [-0.4, -0.2) is 9.97 Å². The average molecular weight is 335 g/mol. The molecule has 2 aromatic rings. The number of hydrogen-bond acceptors (Lipinski definition) is 4. The van der Waals surface area contributed by atoms with Gasteiger partial charge in [0.25, 0.3) is 0 Å². The van der Waals surface area contributed by atoms with Crippen LogP contribution in [0.5, 0.6) is 0 Å². The molecule has 0 saturated heterocycles. The molecule has 0 bridgehead atoms. The highest BCUT2D eigenvalue weighted by molar-refractivity contribution is 7.98.